The first-order chi connectivity index (χ1) is 12.1. The third-order valence-electron chi connectivity index (χ3n) is 3.58. The second-order valence-electron chi connectivity index (χ2n) is 5.35. The second kappa shape index (κ2) is 7.94. The quantitative estimate of drug-likeness (QED) is 0.661. The Kier molecular flexibility index (Phi) is 5.45. The van der Waals surface area contributed by atoms with Gasteiger partial charge < -0.3 is 10.1 Å². The monoisotopic (exact) mass is 357 g/mol. The number of amides is 1. The highest BCUT2D eigenvalue weighted by atomic mass is 32.2. The zero-order valence-corrected chi connectivity index (χ0v) is 14.3. The molecule has 1 aliphatic rings. The molecule has 2 aromatic carbocycles. The average Bonchev–Trinajstić information content (AvgIpc) is 2.97. The van der Waals surface area contributed by atoms with Crippen molar-refractivity contribution in [2.75, 3.05) is 7.11 Å². The molecular weight excluding hydrogens is 341 g/mol. The molecule has 0 spiro atoms. The Labute approximate surface area is 149 Å². The van der Waals surface area contributed by atoms with Crippen LogP contribution in [-0.4, -0.2) is 29.6 Å². The van der Waals surface area contributed by atoms with Gasteiger partial charge in [0.15, 0.2) is 5.17 Å². The van der Waals surface area contributed by atoms with Crippen molar-refractivity contribution < 1.29 is 13.9 Å². The molecule has 0 bridgehead atoms. The zero-order valence-electron chi connectivity index (χ0n) is 13.5. The van der Waals surface area contributed by atoms with Crippen LogP contribution in [-0.2, 0) is 11.2 Å². The average molecular weight is 357 g/mol. The number of ether oxygens (including phenoxy) is 1. The number of nitrogens with one attached hydrogen (secondary N) is 1. The molecule has 1 N–H and O–H groups in total. The van der Waals surface area contributed by atoms with Gasteiger partial charge in [-0.25, -0.2) is 4.39 Å². The van der Waals surface area contributed by atoms with E-state index in [1.165, 1.54) is 23.9 Å². The Morgan fingerprint density at radius 3 is 2.60 bits per heavy atom. The number of nitrogens with zero attached hydrogens (tertiary/aromatic N) is 2. The molecule has 5 nitrogen and oxygen atoms in total. The Hall–Kier alpha value is -2.67. The van der Waals surface area contributed by atoms with Gasteiger partial charge in [0.1, 0.15) is 11.6 Å². The zero-order chi connectivity index (χ0) is 17.6. The summed E-state index contributed by atoms with van der Waals surface area (Å²) >= 11 is 1.32. The van der Waals surface area contributed by atoms with Gasteiger partial charge in [-0.2, -0.15) is 5.10 Å². The third kappa shape index (κ3) is 4.67. The second-order valence-corrected chi connectivity index (χ2v) is 6.54. The number of thioether (sulfide) groups is 1. The normalized spacial score (nSPS) is 18.7. The molecule has 1 fully saturated rings. The summed E-state index contributed by atoms with van der Waals surface area (Å²) in [6, 6.07) is 13.5. The number of carbonyl (C=O) groups excluding carboxylic acids is 1. The standard InChI is InChI=1S/C18H16FN3O2S/c1-24-15-8-4-13(5-9-15)11-20-22-18-21-17(23)16(25-18)10-12-2-6-14(19)7-3-12/h2-9,11,16H,10H2,1H3,(H,21,22,23)/b20-11-/t16-/m0/s1. The van der Waals surface area contributed by atoms with Crippen LogP contribution in [0.4, 0.5) is 4.39 Å². The summed E-state index contributed by atoms with van der Waals surface area (Å²) < 4.78 is 18.0. The summed E-state index contributed by atoms with van der Waals surface area (Å²) in [5.74, 6) is 0.362. The molecule has 2 aromatic rings. The first-order valence-corrected chi connectivity index (χ1v) is 8.49. The van der Waals surface area contributed by atoms with E-state index in [0.717, 1.165) is 16.9 Å². The number of hydrogen-bond donors (Lipinski definition) is 1. The van der Waals surface area contributed by atoms with Gasteiger partial charge in [-0.15, -0.1) is 5.10 Å². The maximum Gasteiger partial charge on any atom is 0.239 e. The lowest BCUT2D eigenvalue weighted by atomic mass is 10.1. The molecule has 25 heavy (non-hydrogen) atoms. The molecule has 1 amide bonds. The number of amidine groups is 1. The minimum atomic E-state index is -0.291. The highest BCUT2D eigenvalue weighted by molar-refractivity contribution is 8.15. The highest BCUT2D eigenvalue weighted by Crippen LogP contribution is 2.23. The first-order valence-electron chi connectivity index (χ1n) is 7.61. The molecule has 3 rings (SSSR count). The molecule has 0 unspecified atom stereocenters. The predicted octanol–water partition coefficient (Wildman–Crippen LogP) is 3.00. The molecule has 0 aromatic heterocycles. The van der Waals surface area contributed by atoms with Gasteiger partial charge in [-0.3, -0.25) is 4.79 Å². The SMILES string of the molecule is COc1ccc(/C=N\N=C2/NC(=O)[C@H](Cc3ccc(F)cc3)S2)cc1. The van der Waals surface area contributed by atoms with E-state index in [0.29, 0.717) is 11.6 Å². The van der Waals surface area contributed by atoms with Gasteiger partial charge in [0.25, 0.3) is 0 Å². The Balaban J connectivity index is 1.60. The van der Waals surface area contributed by atoms with Crippen LogP contribution in [0.25, 0.3) is 0 Å². The number of benzene rings is 2. The topological polar surface area (TPSA) is 63.1 Å². The molecule has 1 heterocycles. The number of rotatable bonds is 5. The summed E-state index contributed by atoms with van der Waals surface area (Å²) in [4.78, 5) is 12.0. The van der Waals surface area contributed by atoms with Crippen LogP contribution < -0.4 is 10.1 Å². The van der Waals surface area contributed by atoms with Gasteiger partial charge in [0, 0.05) is 0 Å². The summed E-state index contributed by atoms with van der Waals surface area (Å²) in [5, 5.41) is 10.9. The largest absolute Gasteiger partial charge is 0.497 e. The lowest BCUT2D eigenvalue weighted by Crippen LogP contribution is -2.25. The van der Waals surface area contributed by atoms with E-state index >= 15 is 0 Å². The van der Waals surface area contributed by atoms with Crippen LogP contribution in [0, 0.1) is 5.82 Å². The van der Waals surface area contributed by atoms with Crippen LogP contribution in [0.3, 0.4) is 0 Å². The van der Waals surface area contributed by atoms with Crippen molar-refractivity contribution in [1.29, 1.82) is 0 Å². The Morgan fingerprint density at radius 1 is 1.20 bits per heavy atom. The number of methoxy groups -OCH3 is 1. The Morgan fingerprint density at radius 2 is 1.92 bits per heavy atom. The van der Waals surface area contributed by atoms with E-state index in [4.69, 9.17) is 4.74 Å². The Bertz CT molecular complexity index is 804. The van der Waals surface area contributed by atoms with Crippen molar-refractivity contribution in [2.45, 2.75) is 11.7 Å². The molecule has 0 saturated carbocycles. The third-order valence-corrected chi connectivity index (χ3v) is 4.65. The van der Waals surface area contributed by atoms with Gasteiger partial charge in [0.2, 0.25) is 5.91 Å². The van der Waals surface area contributed by atoms with E-state index in [2.05, 4.69) is 15.5 Å². The van der Waals surface area contributed by atoms with E-state index in [9.17, 15) is 9.18 Å². The molecule has 1 saturated heterocycles. The lowest BCUT2D eigenvalue weighted by Gasteiger charge is -2.04. The van der Waals surface area contributed by atoms with Crippen LogP contribution >= 0.6 is 11.8 Å². The summed E-state index contributed by atoms with van der Waals surface area (Å²) in [6.45, 7) is 0. The molecule has 0 radical (unpaired) electrons. The number of hydrogen-bond acceptors (Lipinski definition) is 5. The van der Waals surface area contributed by atoms with Crippen LogP contribution in [0.5, 0.6) is 5.75 Å². The van der Waals surface area contributed by atoms with Crippen LogP contribution in [0.2, 0.25) is 0 Å². The van der Waals surface area contributed by atoms with Gasteiger partial charge in [-0.1, -0.05) is 23.9 Å². The summed E-state index contributed by atoms with van der Waals surface area (Å²) in [5.41, 5.74) is 1.78. The minimum absolute atomic E-state index is 0.118. The van der Waals surface area contributed by atoms with E-state index < -0.39 is 0 Å². The fourth-order valence-electron chi connectivity index (χ4n) is 2.26. The number of carbonyl (C=O) groups is 1. The number of halogens is 1. The summed E-state index contributed by atoms with van der Waals surface area (Å²) in [6.07, 6.45) is 2.12. The van der Waals surface area contributed by atoms with Crippen molar-refractivity contribution in [3.63, 3.8) is 0 Å². The fourth-order valence-corrected chi connectivity index (χ4v) is 3.22. The molecule has 1 aliphatic heterocycles. The van der Waals surface area contributed by atoms with E-state index in [1.54, 1.807) is 25.5 Å². The molecule has 128 valence electrons. The van der Waals surface area contributed by atoms with Crippen molar-refractivity contribution in [2.24, 2.45) is 10.2 Å². The molecule has 1 atom stereocenters. The van der Waals surface area contributed by atoms with E-state index in [-0.39, 0.29) is 17.0 Å². The first kappa shape index (κ1) is 17.2. The summed E-state index contributed by atoms with van der Waals surface area (Å²) in [7, 11) is 1.61. The van der Waals surface area contributed by atoms with Gasteiger partial charge in [-0.05, 0) is 53.9 Å². The minimum Gasteiger partial charge on any atom is -0.497 e. The van der Waals surface area contributed by atoms with Crippen molar-refractivity contribution in [1.82, 2.24) is 5.32 Å². The maximum atomic E-state index is 12.9. The lowest BCUT2D eigenvalue weighted by molar-refractivity contribution is -0.118. The van der Waals surface area contributed by atoms with Gasteiger partial charge >= 0.3 is 0 Å². The van der Waals surface area contributed by atoms with Crippen molar-refractivity contribution in [3.05, 3.63) is 65.5 Å². The van der Waals surface area contributed by atoms with Crippen LogP contribution in [0.1, 0.15) is 11.1 Å². The maximum absolute atomic E-state index is 12.9. The van der Waals surface area contributed by atoms with Crippen LogP contribution in [0.15, 0.2) is 58.7 Å². The van der Waals surface area contributed by atoms with Gasteiger partial charge in [0.05, 0.1) is 18.6 Å². The predicted molar refractivity (Wildman–Crippen MR) is 97.6 cm³/mol. The van der Waals surface area contributed by atoms with Crippen molar-refractivity contribution in [3.8, 4) is 5.75 Å². The fraction of sp³-hybridized carbons (Fsp3) is 0.167. The molecular formula is C18H16FN3O2S. The molecule has 0 aliphatic carbocycles. The van der Waals surface area contributed by atoms with Crippen molar-refractivity contribution >= 4 is 29.1 Å². The smallest absolute Gasteiger partial charge is 0.239 e. The van der Waals surface area contributed by atoms with E-state index in [1.807, 2.05) is 24.3 Å². The highest BCUT2D eigenvalue weighted by Gasteiger charge is 2.30. The molecule has 7 heteroatoms.